The average molecular weight is 339 g/mol. The van der Waals surface area contributed by atoms with E-state index in [0.29, 0.717) is 27.8 Å². The van der Waals surface area contributed by atoms with Crippen LogP contribution < -0.4 is 19.5 Å². The van der Waals surface area contributed by atoms with Crippen LogP contribution in [0.25, 0.3) is 0 Å². The van der Waals surface area contributed by atoms with Gasteiger partial charge in [0, 0.05) is 11.4 Å². The molecule has 6 heteroatoms. The van der Waals surface area contributed by atoms with Crippen molar-refractivity contribution in [3.05, 3.63) is 47.0 Å². The molecule has 0 aliphatic heterocycles. The second-order valence-electron chi connectivity index (χ2n) is 4.34. The van der Waals surface area contributed by atoms with Crippen LogP contribution in [0.1, 0.15) is 10.4 Å². The van der Waals surface area contributed by atoms with E-state index in [0.717, 1.165) is 5.30 Å². The molecule has 1 unspecified atom stereocenters. The van der Waals surface area contributed by atoms with Crippen molar-refractivity contribution in [3.8, 4) is 17.2 Å². The number of carbonyl (C=O) groups excluding carboxylic acids is 1. The molecule has 0 radical (unpaired) electrons. The Kier molecular flexibility index (Phi) is 5.64. The molecule has 0 heterocycles. The zero-order valence-electron chi connectivity index (χ0n) is 12.5. The van der Waals surface area contributed by atoms with E-state index in [1.807, 2.05) is 6.07 Å². The van der Waals surface area contributed by atoms with Gasteiger partial charge in [-0.25, -0.2) is 0 Å². The molecule has 0 saturated carbocycles. The topological polar surface area (TPSA) is 44.8 Å². The summed E-state index contributed by atoms with van der Waals surface area (Å²) in [6, 6.07) is 10.5. The first-order valence-electron chi connectivity index (χ1n) is 6.46. The molecule has 0 aliphatic carbocycles. The third kappa shape index (κ3) is 3.52. The Morgan fingerprint density at radius 1 is 1.00 bits per heavy atom. The van der Waals surface area contributed by atoms with Crippen molar-refractivity contribution in [1.29, 1.82) is 0 Å². The van der Waals surface area contributed by atoms with Crippen LogP contribution >= 0.6 is 20.2 Å². The molecule has 0 aliphatic rings. The Bertz CT molecular complexity index is 688. The summed E-state index contributed by atoms with van der Waals surface area (Å²) in [5.41, 5.74) is 0.286. The lowest BCUT2D eigenvalue weighted by atomic mass is 10.2. The lowest BCUT2D eigenvalue weighted by Gasteiger charge is -2.12. The maximum atomic E-state index is 12.6. The summed E-state index contributed by atoms with van der Waals surface area (Å²) in [6.45, 7) is 0. The van der Waals surface area contributed by atoms with Gasteiger partial charge >= 0.3 is 0 Å². The first-order chi connectivity index (χ1) is 10.6. The Morgan fingerprint density at radius 3 is 2.36 bits per heavy atom. The molecule has 2 aromatic carbocycles. The van der Waals surface area contributed by atoms with Crippen molar-refractivity contribution in [2.45, 2.75) is 0 Å². The highest BCUT2D eigenvalue weighted by Crippen LogP contribution is 2.34. The molecule has 0 saturated heterocycles. The van der Waals surface area contributed by atoms with E-state index in [9.17, 15) is 4.79 Å². The molecule has 2 rings (SSSR count). The number of carbonyl (C=O) groups is 1. The maximum Gasteiger partial charge on any atom is 0.190 e. The molecule has 0 fully saturated rings. The predicted molar refractivity (Wildman–Crippen MR) is 89.8 cm³/mol. The molecule has 0 spiro atoms. The molecule has 4 nitrogen and oxygen atoms in total. The second kappa shape index (κ2) is 7.48. The minimum absolute atomic E-state index is 0.106. The van der Waals surface area contributed by atoms with Crippen molar-refractivity contribution in [2.75, 3.05) is 21.3 Å². The molecule has 116 valence electrons. The first kappa shape index (κ1) is 16.6. The zero-order valence-corrected chi connectivity index (χ0v) is 14.2. The molecule has 0 bridgehead atoms. The van der Waals surface area contributed by atoms with Gasteiger partial charge in [0.15, 0.2) is 5.52 Å². The molecule has 0 amide bonds. The fraction of sp³-hybridized carbons (Fsp3) is 0.188. The predicted octanol–water partition coefficient (Wildman–Crippen LogP) is 3.51. The molecule has 2 aromatic rings. The number of rotatable bonds is 6. The van der Waals surface area contributed by atoms with Crippen molar-refractivity contribution in [2.24, 2.45) is 0 Å². The Hall–Kier alpha value is -1.77. The van der Waals surface area contributed by atoms with Gasteiger partial charge in [-0.1, -0.05) is 17.7 Å². The fourth-order valence-electron chi connectivity index (χ4n) is 1.98. The minimum atomic E-state index is -0.129. The van der Waals surface area contributed by atoms with Crippen LogP contribution in [0.5, 0.6) is 17.2 Å². The molecular formula is C16H16ClO4P. The number of hydrogen-bond donors (Lipinski definition) is 0. The van der Waals surface area contributed by atoms with Crippen LogP contribution in [0.3, 0.4) is 0 Å². The summed E-state index contributed by atoms with van der Waals surface area (Å²) in [7, 11) is 4.52. The van der Waals surface area contributed by atoms with Gasteiger partial charge < -0.3 is 14.2 Å². The number of benzene rings is 2. The van der Waals surface area contributed by atoms with Gasteiger partial charge in [0.2, 0.25) is 0 Å². The van der Waals surface area contributed by atoms with E-state index in [4.69, 9.17) is 25.8 Å². The lowest BCUT2D eigenvalue weighted by molar-refractivity contribution is 0.108. The van der Waals surface area contributed by atoms with Gasteiger partial charge in [0.25, 0.3) is 0 Å². The van der Waals surface area contributed by atoms with Crippen LogP contribution in [-0.4, -0.2) is 26.9 Å². The van der Waals surface area contributed by atoms with E-state index < -0.39 is 0 Å². The molecule has 0 N–H and O–H groups in total. The number of halogens is 1. The molecule has 0 aromatic heterocycles. The number of methoxy groups -OCH3 is 3. The summed E-state index contributed by atoms with van der Waals surface area (Å²) < 4.78 is 15.7. The standard InChI is InChI=1S/C16H16ClO4P/c1-19-10-7-8-14(13(9-10)21-3)22-16(18)15-11(17)5-4-6-12(15)20-2/h4-9,22H,1-3H3. The van der Waals surface area contributed by atoms with E-state index in [1.165, 1.54) is 7.11 Å². The van der Waals surface area contributed by atoms with Gasteiger partial charge in [-0.05, 0) is 32.8 Å². The monoisotopic (exact) mass is 338 g/mol. The van der Waals surface area contributed by atoms with Gasteiger partial charge in [0.05, 0.1) is 31.9 Å². The Labute approximate surface area is 136 Å². The van der Waals surface area contributed by atoms with Crippen LogP contribution in [0, 0.1) is 0 Å². The van der Waals surface area contributed by atoms with Crippen molar-refractivity contribution in [3.63, 3.8) is 0 Å². The SMILES string of the molecule is COc1ccc(PC(=O)c2c(Cl)cccc2OC)c(OC)c1. The molecular weight excluding hydrogens is 323 g/mol. The Balaban J connectivity index is 2.34. The van der Waals surface area contributed by atoms with Crippen LogP contribution in [-0.2, 0) is 0 Å². The van der Waals surface area contributed by atoms with E-state index in [-0.39, 0.29) is 14.1 Å². The summed E-state index contributed by atoms with van der Waals surface area (Å²) in [5.74, 6) is 1.75. The van der Waals surface area contributed by atoms with Gasteiger partial charge in [-0.15, -0.1) is 0 Å². The normalized spacial score (nSPS) is 10.7. The molecule has 1 atom stereocenters. The number of hydrogen-bond acceptors (Lipinski definition) is 4. The van der Waals surface area contributed by atoms with Crippen LogP contribution in [0.15, 0.2) is 36.4 Å². The van der Waals surface area contributed by atoms with E-state index in [1.54, 1.807) is 44.6 Å². The third-order valence-corrected chi connectivity index (χ3v) is 4.55. The highest BCUT2D eigenvalue weighted by molar-refractivity contribution is 7.66. The van der Waals surface area contributed by atoms with Gasteiger partial charge in [0.1, 0.15) is 17.2 Å². The first-order valence-corrected chi connectivity index (χ1v) is 7.84. The quantitative estimate of drug-likeness (QED) is 0.756. The Morgan fingerprint density at radius 2 is 1.73 bits per heavy atom. The van der Waals surface area contributed by atoms with E-state index in [2.05, 4.69) is 0 Å². The zero-order chi connectivity index (χ0) is 16.1. The summed E-state index contributed by atoms with van der Waals surface area (Å²) in [5, 5.41) is 1.17. The minimum Gasteiger partial charge on any atom is -0.497 e. The fourth-order valence-corrected chi connectivity index (χ4v) is 3.40. The highest BCUT2D eigenvalue weighted by Gasteiger charge is 2.18. The smallest absolute Gasteiger partial charge is 0.190 e. The summed E-state index contributed by atoms with van der Waals surface area (Å²) in [6.07, 6.45) is 0. The van der Waals surface area contributed by atoms with Crippen LogP contribution in [0.2, 0.25) is 5.02 Å². The second-order valence-corrected chi connectivity index (χ2v) is 5.99. The van der Waals surface area contributed by atoms with Crippen LogP contribution in [0.4, 0.5) is 0 Å². The van der Waals surface area contributed by atoms with E-state index >= 15 is 0 Å². The highest BCUT2D eigenvalue weighted by atomic mass is 35.5. The average Bonchev–Trinajstić information content (AvgIpc) is 2.54. The lowest BCUT2D eigenvalue weighted by Crippen LogP contribution is -2.07. The summed E-state index contributed by atoms with van der Waals surface area (Å²) in [4.78, 5) is 12.6. The van der Waals surface area contributed by atoms with Crippen molar-refractivity contribution in [1.82, 2.24) is 0 Å². The molecule has 22 heavy (non-hydrogen) atoms. The van der Waals surface area contributed by atoms with Crippen molar-refractivity contribution >= 4 is 31.0 Å². The largest absolute Gasteiger partial charge is 0.497 e. The maximum absolute atomic E-state index is 12.6. The number of ether oxygens (including phenoxy) is 3. The third-order valence-electron chi connectivity index (χ3n) is 3.08. The van der Waals surface area contributed by atoms with Gasteiger partial charge in [-0.2, -0.15) is 0 Å². The van der Waals surface area contributed by atoms with Gasteiger partial charge in [-0.3, -0.25) is 4.79 Å². The summed E-state index contributed by atoms with van der Waals surface area (Å²) >= 11 is 6.14. The van der Waals surface area contributed by atoms with Crippen molar-refractivity contribution < 1.29 is 19.0 Å².